The molecule has 2 aliphatic rings. The lowest BCUT2D eigenvalue weighted by Crippen LogP contribution is -2.41. The highest BCUT2D eigenvalue weighted by Gasteiger charge is 2.47. The van der Waals surface area contributed by atoms with Crippen LogP contribution in [0, 0.1) is 6.92 Å². The van der Waals surface area contributed by atoms with Gasteiger partial charge in [0.1, 0.15) is 7.05 Å². The van der Waals surface area contributed by atoms with E-state index < -0.39 is 0 Å². The molecule has 0 radical (unpaired) electrons. The second-order valence-electron chi connectivity index (χ2n) is 13.1. The Bertz CT molecular complexity index is 2020. The molecule has 0 unspecified atom stereocenters. The molecule has 0 amide bonds. The van der Waals surface area contributed by atoms with Crippen molar-refractivity contribution in [2.75, 3.05) is 0 Å². The molecule has 0 aliphatic heterocycles. The molecule has 1 spiro atoms. The summed E-state index contributed by atoms with van der Waals surface area (Å²) in [6.07, 6.45) is 10.4. The van der Waals surface area contributed by atoms with Crippen LogP contribution in [0.4, 0.5) is 0 Å². The van der Waals surface area contributed by atoms with Crippen LogP contribution in [-0.2, 0) is 17.9 Å². The van der Waals surface area contributed by atoms with Gasteiger partial charge in [0, 0.05) is 39.9 Å². The van der Waals surface area contributed by atoms with Crippen molar-refractivity contribution in [2.45, 2.75) is 63.7 Å². The summed E-state index contributed by atoms with van der Waals surface area (Å²) in [6.45, 7) is 6.99. The number of hydrogen-bond acceptors (Lipinski definition) is 2. The van der Waals surface area contributed by atoms with E-state index in [0.29, 0.717) is 5.71 Å². The summed E-state index contributed by atoms with van der Waals surface area (Å²) < 4.78 is 8.62. The molecule has 3 aromatic carbocycles. The molecule has 6 aromatic rings. The molecule has 1 fully saturated rings. The fourth-order valence-electron chi connectivity index (χ4n) is 8.18. The number of furan rings is 1. The number of aromatic nitrogens is 2. The summed E-state index contributed by atoms with van der Waals surface area (Å²) in [6, 6.07) is 29.6. The van der Waals surface area contributed by atoms with E-state index in [9.17, 15) is 0 Å². The molecule has 3 aromatic heterocycles. The van der Waals surface area contributed by atoms with Crippen molar-refractivity contribution in [3.05, 3.63) is 119 Å². The van der Waals surface area contributed by atoms with Gasteiger partial charge in [-0.25, -0.2) is 9.55 Å². The Morgan fingerprint density at radius 1 is 0.738 bits per heavy atom. The van der Waals surface area contributed by atoms with Crippen molar-refractivity contribution in [2.24, 2.45) is 7.05 Å². The molecule has 3 heteroatoms. The normalized spacial score (nSPS) is 17.0. The molecule has 8 rings (SSSR count). The first-order valence-electron chi connectivity index (χ1n) is 15.4. The van der Waals surface area contributed by atoms with Gasteiger partial charge in [-0.15, -0.1) is 0 Å². The van der Waals surface area contributed by atoms with Crippen LogP contribution in [0.5, 0.6) is 0 Å². The second-order valence-corrected chi connectivity index (χ2v) is 13.1. The summed E-state index contributed by atoms with van der Waals surface area (Å²) in [5, 5.41) is 2.17. The van der Waals surface area contributed by atoms with Crippen LogP contribution in [-0.4, -0.2) is 4.98 Å². The van der Waals surface area contributed by atoms with Gasteiger partial charge in [-0.2, -0.15) is 0 Å². The fraction of sp³-hybridized carbons (Fsp3) is 0.282. The highest BCUT2D eigenvalue weighted by atomic mass is 16.3. The van der Waals surface area contributed by atoms with Gasteiger partial charge in [-0.3, -0.25) is 0 Å². The van der Waals surface area contributed by atoms with Gasteiger partial charge in [0.15, 0.2) is 11.8 Å². The van der Waals surface area contributed by atoms with Crippen LogP contribution >= 0.6 is 0 Å². The molecule has 0 N–H and O–H groups in total. The lowest BCUT2D eigenvalue weighted by molar-refractivity contribution is -0.660. The molecular formula is C39H37N2O+. The van der Waals surface area contributed by atoms with E-state index >= 15 is 0 Å². The minimum Gasteiger partial charge on any atom is -0.437 e. The van der Waals surface area contributed by atoms with Gasteiger partial charge < -0.3 is 4.42 Å². The Hall–Kier alpha value is -4.24. The number of pyridine rings is 2. The maximum atomic E-state index is 6.40. The molecule has 3 nitrogen and oxygen atoms in total. The largest absolute Gasteiger partial charge is 0.437 e. The molecule has 42 heavy (non-hydrogen) atoms. The van der Waals surface area contributed by atoms with Crippen LogP contribution in [0.15, 0.2) is 95.7 Å². The molecule has 0 atom stereocenters. The van der Waals surface area contributed by atoms with E-state index in [0.717, 1.165) is 27.6 Å². The third kappa shape index (κ3) is 3.52. The predicted octanol–water partition coefficient (Wildman–Crippen LogP) is 9.34. The van der Waals surface area contributed by atoms with Gasteiger partial charge in [0.05, 0.1) is 5.56 Å². The van der Waals surface area contributed by atoms with E-state index in [1.807, 2.05) is 6.07 Å². The number of hydrogen-bond donors (Lipinski definition) is 0. The summed E-state index contributed by atoms with van der Waals surface area (Å²) in [5.41, 5.74) is 13.7. The number of benzene rings is 3. The molecule has 0 saturated heterocycles. The third-order valence-corrected chi connectivity index (χ3v) is 10.4. The van der Waals surface area contributed by atoms with Crippen LogP contribution in [0.2, 0.25) is 0 Å². The molecule has 0 bridgehead atoms. The molecule has 208 valence electrons. The number of nitrogens with zero attached hydrogens (tertiary/aromatic N) is 2. The van der Waals surface area contributed by atoms with Crippen LogP contribution in [0.3, 0.4) is 0 Å². The summed E-state index contributed by atoms with van der Waals surface area (Å²) in [5.74, 6) is 0. The average molecular weight is 550 g/mol. The van der Waals surface area contributed by atoms with Gasteiger partial charge in [-0.05, 0) is 76.9 Å². The van der Waals surface area contributed by atoms with Gasteiger partial charge >= 0.3 is 0 Å². The van der Waals surface area contributed by atoms with Crippen molar-refractivity contribution in [1.82, 2.24) is 4.98 Å². The first-order chi connectivity index (χ1) is 20.4. The maximum Gasteiger partial charge on any atom is 0.227 e. The van der Waals surface area contributed by atoms with E-state index in [-0.39, 0.29) is 10.8 Å². The minimum atomic E-state index is -0.0243. The van der Waals surface area contributed by atoms with Crippen molar-refractivity contribution >= 4 is 22.1 Å². The zero-order valence-electron chi connectivity index (χ0n) is 25.0. The monoisotopic (exact) mass is 549 g/mol. The van der Waals surface area contributed by atoms with Crippen molar-refractivity contribution in [3.8, 4) is 22.4 Å². The smallest absolute Gasteiger partial charge is 0.227 e. The lowest BCUT2D eigenvalue weighted by atomic mass is 9.54. The first-order valence-corrected chi connectivity index (χ1v) is 15.4. The standard InChI is InChI=1S/C39H37N2O/c1-25-14-16-28-29-11-10-21-40-37(29)42-36(28)35(25)34-24-27(18-22-41(34)4)26-15-17-31-33(23-26)39(19-8-5-9-20-39)32-13-7-6-12-30(32)38(31,2)3/h6-7,10-18,21-24H,5,8-9,19-20H2,1-4H3/q+1. The Labute approximate surface area is 247 Å². The topological polar surface area (TPSA) is 29.9 Å². The van der Waals surface area contributed by atoms with Crippen LogP contribution in [0.25, 0.3) is 44.5 Å². The lowest BCUT2D eigenvalue weighted by Gasteiger charge is -2.49. The number of rotatable bonds is 2. The number of aryl methyl sites for hydroxylation is 2. The molecule has 1 saturated carbocycles. The summed E-state index contributed by atoms with van der Waals surface area (Å²) >= 11 is 0. The maximum absolute atomic E-state index is 6.40. The van der Waals surface area contributed by atoms with E-state index in [4.69, 9.17) is 4.42 Å². The Morgan fingerprint density at radius 2 is 1.50 bits per heavy atom. The van der Waals surface area contributed by atoms with Gasteiger partial charge in [0.25, 0.3) is 0 Å². The second kappa shape index (κ2) is 9.13. The zero-order valence-corrected chi connectivity index (χ0v) is 25.0. The van der Waals surface area contributed by atoms with E-state index in [1.165, 1.54) is 59.9 Å². The highest BCUT2D eigenvalue weighted by Crippen LogP contribution is 2.56. The molecule has 2 aliphatic carbocycles. The zero-order chi connectivity index (χ0) is 28.6. The van der Waals surface area contributed by atoms with Crippen molar-refractivity contribution < 1.29 is 8.98 Å². The summed E-state index contributed by atoms with van der Waals surface area (Å²) in [4.78, 5) is 4.51. The predicted molar refractivity (Wildman–Crippen MR) is 171 cm³/mol. The van der Waals surface area contributed by atoms with E-state index in [2.05, 4.69) is 116 Å². The van der Waals surface area contributed by atoms with Crippen molar-refractivity contribution in [3.63, 3.8) is 0 Å². The van der Waals surface area contributed by atoms with Crippen LogP contribution in [0.1, 0.15) is 73.8 Å². The Morgan fingerprint density at radius 3 is 2.33 bits per heavy atom. The molecule has 3 heterocycles. The van der Waals surface area contributed by atoms with E-state index in [1.54, 1.807) is 17.3 Å². The van der Waals surface area contributed by atoms with Gasteiger partial charge in [-0.1, -0.05) is 81.6 Å². The highest BCUT2D eigenvalue weighted by molar-refractivity contribution is 6.08. The average Bonchev–Trinajstić information content (AvgIpc) is 3.40. The fourth-order valence-corrected chi connectivity index (χ4v) is 8.18. The Balaban J connectivity index is 1.33. The Kier molecular flexibility index (Phi) is 5.54. The number of fused-ring (bicyclic) bond motifs is 7. The quantitative estimate of drug-likeness (QED) is 0.201. The summed E-state index contributed by atoms with van der Waals surface area (Å²) in [7, 11) is 2.13. The molecular weight excluding hydrogens is 512 g/mol. The first kappa shape index (κ1) is 25.5. The third-order valence-electron chi connectivity index (χ3n) is 10.4. The van der Waals surface area contributed by atoms with Crippen molar-refractivity contribution in [1.29, 1.82) is 0 Å². The minimum absolute atomic E-state index is 0.0243. The van der Waals surface area contributed by atoms with Crippen LogP contribution < -0.4 is 4.57 Å². The van der Waals surface area contributed by atoms with Gasteiger partial charge in [0.2, 0.25) is 11.4 Å². The SMILES string of the molecule is Cc1ccc2c(oc3ncccc32)c1-c1cc(-c2ccc3c(c2)C2(CCCCC2)c2ccccc2C3(C)C)cc[n+]1C.